The summed E-state index contributed by atoms with van der Waals surface area (Å²) in [6, 6.07) is 0. The molecule has 1 heterocycles. The van der Waals surface area contributed by atoms with Crippen LogP contribution in [0.15, 0.2) is 0 Å². The van der Waals surface area contributed by atoms with E-state index in [1.54, 1.807) is 18.4 Å². The van der Waals surface area contributed by atoms with Crippen molar-refractivity contribution in [3.8, 4) is 0 Å². The molecular formula is C13H24N2O2S. The first kappa shape index (κ1) is 15.6. The molecule has 1 aromatic rings. The largest absolute Gasteiger partial charge is 0.378 e. The molecule has 0 fully saturated rings. The van der Waals surface area contributed by atoms with E-state index in [0.29, 0.717) is 13.2 Å². The van der Waals surface area contributed by atoms with Crippen LogP contribution in [0.25, 0.3) is 0 Å². The molecule has 0 radical (unpaired) electrons. The van der Waals surface area contributed by atoms with Crippen LogP contribution in [0, 0.1) is 0 Å². The molecule has 1 atom stereocenters. The Morgan fingerprint density at radius 1 is 1.39 bits per heavy atom. The summed E-state index contributed by atoms with van der Waals surface area (Å²) in [5.41, 5.74) is 0.736. The predicted octanol–water partition coefficient (Wildman–Crippen LogP) is 2.67. The van der Waals surface area contributed by atoms with Crippen LogP contribution in [-0.4, -0.2) is 25.7 Å². The Kier molecular flexibility index (Phi) is 6.21. The summed E-state index contributed by atoms with van der Waals surface area (Å²) in [6.07, 6.45) is 0.916. The molecule has 18 heavy (non-hydrogen) atoms. The molecule has 0 aliphatic heterocycles. The second kappa shape index (κ2) is 7.19. The normalized spacial score (nSPS) is 14.7. The maximum absolute atomic E-state index is 5.88. The molecule has 0 amide bonds. The lowest BCUT2D eigenvalue weighted by atomic mass is 10.0. The van der Waals surface area contributed by atoms with Crippen LogP contribution in [0.4, 0.5) is 0 Å². The summed E-state index contributed by atoms with van der Waals surface area (Å²) in [7, 11) is 3.64. The highest BCUT2D eigenvalue weighted by atomic mass is 32.1. The molecule has 0 saturated carbocycles. The lowest BCUT2D eigenvalue weighted by Crippen LogP contribution is -2.24. The minimum Gasteiger partial charge on any atom is -0.378 e. The van der Waals surface area contributed by atoms with Crippen molar-refractivity contribution in [2.75, 3.05) is 20.8 Å². The number of methoxy groups -OCH3 is 1. The Hall–Kier alpha value is -0.490. The summed E-state index contributed by atoms with van der Waals surface area (Å²) < 4.78 is 11.1. The van der Waals surface area contributed by atoms with Crippen LogP contribution >= 0.6 is 11.3 Å². The smallest absolute Gasteiger partial charge is 0.125 e. The second-order valence-corrected chi connectivity index (χ2v) is 5.45. The fraction of sp³-hybridized carbons (Fsp3) is 0.769. The van der Waals surface area contributed by atoms with E-state index in [1.165, 1.54) is 4.88 Å². The first-order valence-corrected chi connectivity index (χ1v) is 7.19. The fourth-order valence-corrected chi connectivity index (χ4v) is 3.04. The van der Waals surface area contributed by atoms with Crippen LogP contribution in [0.2, 0.25) is 0 Å². The Morgan fingerprint density at radius 2 is 2.11 bits per heavy atom. The van der Waals surface area contributed by atoms with Gasteiger partial charge in [-0.3, -0.25) is 0 Å². The molecule has 104 valence electrons. The third kappa shape index (κ3) is 3.51. The number of hydrogen-bond acceptors (Lipinski definition) is 5. The van der Waals surface area contributed by atoms with Crippen molar-refractivity contribution >= 4 is 11.3 Å². The zero-order valence-corrected chi connectivity index (χ0v) is 12.8. The molecule has 5 heteroatoms. The maximum atomic E-state index is 5.88. The van der Waals surface area contributed by atoms with E-state index >= 15 is 0 Å². The minimum absolute atomic E-state index is 0.284. The van der Waals surface area contributed by atoms with Crippen LogP contribution in [0.1, 0.15) is 42.8 Å². The van der Waals surface area contributed by atoms with Crippen molar-refractivity contribution in [1.29, 1.82) is 0 Å². The monoisotopic (exact) mass is 272 g/mol. The standard InChI is InChI=1S/C13H24N2O2S/c1-6-13(3,17-7-2)12-15-10(9-16-5)11(18-12)8-14-4/h14H,6-9H2,1-5H3. The highest BCUT2D eigenvalue weighted by Crippen LogP contribution is 2.34. The van der Waals surface area contributed by atoms with Gasteiger partial charge in [0.1, 0.15) is 10.6 Å². The zero-order valence-electron chi connectivity index (χ0n) is 12.0. The number of hydrogen-bond donors (Lipinski definition) is 1. The van der Waals surface area contributed by atoms with Crippen molar-refractivity contribution in [1.82, 2.24) is 10.3 Å². The third-order valence-corrected chi connectivity index (χ3v) is 4.33. The van der Waals surface area contributed by atoms with Gasteiger partial charge in [-0.1, -0.05) is 6.92 Å². The zero-order chi connectivity index (χ0) is 13.6. The number of nitrogens with zero attached hydrogens (tertiary/aromatic N) is 1. The van der Waals surface area contributed by atoms with Crippen molar-refractivity contribution in [2.45, 2.75) is 45.9 Å². The Bertz CT molecular complexity index is 344. The van der Waals surface area contributed by atoms with E-state index in [-0.39, 0.29) is 5.60 Å². The van der Waals surface area contributed by atoms with Gasteiger partial charge in [-0.15, -0.1) is 11.3 Å². The van der Waals surface area contributed by atoms with E-state index in [2.05, 4.69) is 19.2 Å². The molecule has 0 spiro atoms. The van der Waals surface area contributed by atoms with Crippen LogP contribution in [0.3, 0.4) is 0 Å². The van der Waals surface area contributed by atoms with Crippen LogP contribution < -0.4 is 5.32 Å². The van der Waals surface area contributed by atoms with Gasteiger partial charge in [0.2, 0.25) is 0 Å². The van der Waals surface area contributed by atoms with E-state index in [9.17, 15) is 0 Å². The maximum Gasteiger partial charge on any atom is 0.125 e. The summed E-state index contributed by atoms with van der Waals surface area (Å²) >= 11 is 1.72. The van der Waals surface area contributed by atoms with Crippen molar-refractivity contribution in [2.24, 2.45) is 0 Å². The van der Waals surface area contributed by atoms with Gasteiger partial charge < -0.3 is 14.8 Å². The summed E-state index contributed by atoms with van der Waals surface area (Å²) in [5.74, 6) is 0. The lowest BCUT2D eigenvalue weighted by molar-refractivity contribution is -0.0326. The molecule has 1 unspecified atom stereocenters. The minimum atomic E-state index is -0.284. The van der Waals surface area contributed by atoms with Crippen LogP contribution in [0.5, 0.6) is 0 Å². The van der Waals surface area contributed by atoms with E-state index in [4.69, 9.17) is 14.5 Å². The first-order chi connectivity index (χ1) is 8.61. The highest BCUT2D eigenvalue weighted by Gasteiger charge is 2.30. The van der Waals surface area contributed by atoms with Gasteiger partial charge in [-0.2, -0.15) is 0 Å². The number of aromatic nitrogens is 1. The van der Waals surface area contributed by atoms with E-state index in [0.717, 1.165) is 23.7 Å². The number of thiazole rings is 1. The molecule has 0 bridgehead atoms. The number of nitrogens with one attached hydrogen (secondary N) is 1. The Labute approximate surface area is 114 Å². The molecule has 1 rings (SSSR count). The van der Waals surface area contributed by atoms with Gasteiger partial charge in [0.25, 0.3) is 0 Å². The molecular weight excluding hydrogens is 248 g/mol. The molecule has 1 aromatic heterocycles. The van der Waals surface area contributed by atoms with Crippen LogP contribution in [-0.2, 0) is 28.2 Å². The van der Waals surface area contributed by atoms with Gasteiger partial charge in [0.15, 0.2) is 0 Å². The van der Waals surface area contributed by atoms with E-state index in [1.807, 2.05) is 14.0 Å². The molecule has 1 N–H and O–H groups in total. The lowest BCUT2D eigenvalue weighted by Gasteiger charge is -2.25. The summed E-state index contributed by atoms with van der Waals surface area (Å²) in [4.78, 5) is 5.94. The fourth-order valence-electron chi connectivity index (χ4n) is 1.79. The third-order valence-electron chi connectivity index (χ3n) is 2.99. The number of ether oxygens (including phenoxy) is 2. The molecule has 0 aromatic carbocycles. The average molecular weight is 272 g/mol. The topological polar surface area (TPSA) is 43.4 Å². The molecule has 0 aliphatic carbocycles. The quantitative estimate of drug-likeness (QED) is 0.790. The SMILES string of the molecule is CCOC(C)(CC)c1nc(COC)c(CNC)s1. The van der Waals surface area contributed by atoms with Crippen molar-refractivity contribution in [3.63, 3.8) is 0 Å². The highest BCUT2D eigenvalue weighted by molar-refractivity contribution is 7.11. The molecule has 4 nitrogen and oxygen atoms in total. The average Bonchev–Trinajstić information content (AvgIpc) is 2.74. The first-order valence-electron chi connectivity index (χ1n) is 6.37. The molecule has 0 aliphatic rings. The van der Waals surface area contributed by atoms with Crippen molar-refractivity contribution < 1.29 is 9.47 Å². The van der Waals surface area contributed by atoms with Gasteiger partial charge in [0, 0.05) is 25.1 Å². The Morgan fingerprint density at radius 3 is 2.61 bits per heavy atom. The predicted molar refractivity (Wildman–Crippen MR) is 74.9 cm³/mol. The summed E-state index contributed by atoms with van der Waals surface area (Å²) in [6.45, 7) is 8.33. The number of rotatable bonds is 8. The molecule has 0 saturated heterocycles. The Balaban J connectivity index is 3.04. The van der Waals surface area contributed by atoms with Gasteiger partial charge >= 0.3 is 0 Å². The van der Waals surface area contributed by atoms with Gasteiger partial charge in [-0.05, 0) is 27.3 Å². The van der Waals surface area contributed by atoms with E-state index < -0.39 is 0 Å². The van der Waals surface area contributed by atoms with Crippen molar-refractivity contribution in [3.05, 3.63) is 15.6 Å². The van der Waals surface area contributed by atoms with Gasteiger partial charge in [-0.25, -0.2) is 4.98 Å². The second-order valence-electron chi connectivity index (χ2n) is 4.37. The van der Waals surface area contributed by atoms with Gasteiger partial charge in [0.05, 0.1) is 12.3 Å². The summed E-state index contributed by atoms with van der Waals surface area (Å²) in [5, 5.41) is 4.22.